The topological polar surface area (TPSA) is 79.8 Å². The van der Waals surface area contributed by atoms with Gasteiger partial charge in [0.1, 0.15) is 11.0 Å². The molecule has 8 heteroatoms. The Balaban J connectivity index is 1.67. The number of thioether (sulfide) groups is 1. The van der Waals surface area contributed by atoms with Crippen LogP contribution in [0.1, 0.15) is 17.5 Å². The van der Waals surface area contributed by atoms with E-state index in [9.17, 15) is 9.59 Å². The Labute approximate surface area is 172 Å². The van der Waals surface area contributed by atoms with E-state index in [1.54, 1.807) is 18.2 Å². The molecule has 6 nitrogen and oxygen atoms in total. The monoisotopic (exact) mass is 417 g/mol. The number of anilines is 1. The lowest BCUT2D eigenvalue weighted by atomic mass is 10.1. The second-order valence-corrected chi connectivity index (χ2v) is 8.08. The maximum atomic E-state index is 12.4. The first-order valence-electron chi connectivity index (χ1n) is 8.62. The van der Waals surface area contributed by atoms with Crippen LogP contribution in [-0.2, 0) is 9.59 Å². The fraction of sp³-hybridized carbons (Fsp3) is 0.250. The average molecular weight is 418 g/mol. The molecule has 0 spiro atoms. The van der Waals surface area contributed by atoms with Crippen LogP contribution in [0, 0.1) is 13.8 Å². The molecule has 0 saturated carbocycles. The second kappa shape index (κ2) is 8.67. The van der Waals surface area contributed by atoms with E-state index >= 15 is 0 Å². The summed E-state index contributed by atoms with van der Waals surface area (Å²) in [5, 5.41) is 5.91. The molecule has 3 rings (SSSR count). The van der Waals surface area contributed by atoms with Crippen LogP contribution >= 0.6 is 23.4 Å². The molecule has 146 valence electrons. The SMILES string of the molecule is COc1ccc(Cl)cc1NC(=O)C[C@@H]1SC(=Nc2cc(C)cc(C)c2)NC1=O. The Bertz CT molecular complexity index is 941. The van der Waals surface area contributed by atoms with Gasteiger partial charge in [0, 0.05) is 11.4 Å². The Hall–Kier alpha value is -2.51. The molecule has 2 amide bonds. The smallest absolute Gasteiger partial charge is 0.240 e. The van der Waals surface area contributed by atoms with Gasteiger partial charge in [0.15, 0.2) is 5.17 Å². The summed E-state index contributed by atoms with van der Waals surface area (Å²) in [5.74, 6) is -0.0412. The van der Waals surface area contributed by atoms with Gasteiger partial charge in [-0.25, -0.2) is 4.99 Å². The number of benzene rings is 2. The number of aryl methyl sites for hydroxylation is 2. The standard InChI is InChI=1S/C20H20ClN3O3S/c1-11-6-12(2)8-14(7-11)22-20-24-19(26)17(28-20)10-18(25)23-15-9-13(21)4-5-16(15)27-3/h4-9,17H,10H2,1-3H3,(H,23,25)(H,22,24,26)/t17-/m0/s1. The molecule has 2 aromatic carbocycles. The predicted molar refractivity (Wildman–Crippen MR) is 114 cm³/mol. The van der Waals surface area contributed by atoms with Crippen LogP contribution < -0.4 is 15.4 Å². The first-order chi connectivity index (χ1) is 13.3. The van der Waals surface area contributed by atoms with Gasteiger partial charge in [-0.1, -0.05) is 29.4 Å². The van der Waals surface area contributed by atoms with Crippen LogP contribution in [0.4, 0.5) is 11.4 Å². The number of rotatable bonds is 5. The molecule has 0 radical (unpaired) electrons. The van der Waals surface area contributed by atoms with Crippen LogP contribution in [0.5, 0.6) is 5.75 Å². The molecular formula is C20H20ClN3O3S. The number of carbonyl (C=O) groups excluding carboxylic acids is 2. The van der Waals surface area contributed by atoms with Gasteiger partial charge in [-0.2, -0.15) is 0 Å². The molecule has 0 bridgehead atoms. The summed E-state index contributed by atoms with van der Waals surface area (Å²) in [6, 6.07) is 10.9. The number of aliphatic imine (C=N–C) groups is 1. The number of hydrogen-bond donors (Lipinski definition) is 2. The van der Waals surface area contributed by atoms with Crippen molar-refractivity contribution in [3.05, 3.63) is 52.5 Å². The van der Waals surface area contributed by atoms with E-state index in [1.165, 1.54) is 18.9 Å². The summed E-state index contributed by atoms with van der Waals surface area (Å²) >= 11 is 7.23. The summed E-state index contributed by atoms with van der Waals surface area (Å²) in [7, 11) is 1.51. The molecule has 1 saturated heterocycles. The summed E-state index contributed by atoms with van der Waals surface area (Å²) < 4.78 is 5.22. The number of nitrogens with zero attached hydrogens (tertiary/aromatic N) is 1. The molecule has 1 atom stereocenters. The summed E-state index contributed by atoms with van der Waals surface area (Å²) in [4.78, 5) is 29.1. The van der Waals surface area contributed by atoms with Crippen LogP contribution in [0.25, 0.3) is 0 Å². The normalized spacial score (nSPS) is 17.5. The maximum Gasteiger partial charge on any atom is 0.240 e. The Morgan fingerprint density at radius 2 is 1.96 bits per heavy atom. The number of amides is 2. The highest BCUT2D eigenvalue weighted by Gasteiger charge is 2.32. The van der Waals surface area contributed by atoms with Crippen molar-refractivity contribution in [2.24, 2.45) is 4.99 Å². The number of amidine groups is 1. The van der Waals surface area contributed by atoms with Gasteiger partial charge in [0.2, 0.25) is 11.8 Å². The molecule has 0 aromatic heterocycles. The van der Waals surface area contributed by atoms with Gasteiger partial charge in [-0.05, 0) is 55.3 Å². The molecule has 1 aliphatic rings. The van der Waals surface area contributed by atoms with Gasteiger partial charge in [0.05, 0.1) is 18.5 Å². The Morgan fingerprint density at radius 1 is 1.25 bits per heavy atom. The lowest BCUT2D eigenvalue weighted by Gasteiger charge is -2.11. The molecule has 1 heterocycles. The van der Waals surface area contributed by atoms with Crippen LogP contribution in [0.2, 0.25) is 5.02 Å². The third-order valence-electron chi connectivity index (χ3n) is 4.02. The van der Waals surface area contributed by atoms with Crippen molar-refractivity contribution >= 4 is 51.7 Å². The zero-order valence-corrected chi connectivity index (χ0v) is 17.3. The van der Waals surface area contributed by atoms with Crippen molar-refractivity contribution in [3.8, 4) is 5.75 Å². The molecule has 28 heavy (non-hydrogen) atoms. The predicted octanol–water partition coefficient (Wildman–Crippen LogP) is 4.21. The van der Waals surface area contributed by atoms with Crippen molar-refractivity contribution in [2.75, 3.05) is 12.4 Å². The van der Waals surface area contributed by atoms with Gasteiger partial charge < -0.3 is 15.4 Å². The minimum Gasteiger partial charge on any atom is -0.495 e. The first-order valence-corrected chi connectivity index (χ1v) is 9.87. The molecule has 2 aromatic rings. The minimum absolute atomic E-state index is 0.0119. The van der Waals surface area contributed by atoms with E-state index in [0.29, 0.717) is 21.6 Å². The molecule has 0 aliphatic carbocycles. The number of nitrogens with one attached hydrogen (secondary N) is 2. The van der Waals surface area contributed by atoms with Crippen molar-refractivity contribution < 1.29 is 14.3 Å². The fourth-order valence-corrected chi connectivity index (χ4v) is 4.03. The van der Waals surface area contributed by atoms with Crippen molar-refractivity contribution in [2.45, 2.75) is 25.5 Å². The van der Waals surface area contributed by atoms with E-state index in [2.05, 4.69) is 21.7 Å². The van der Waals surface area contributed by atoms with Gasteiger partial charge in [-0.15, -0.1) is 0 Å². The van der Waals surface area contributed by atoms with Gasteiger partial charge in [-0.3, -0.25) is 9.59 Å². The highest BCUT2D eigenvalue weighted by Crippen LogP contribution is 2.30. The van der Waals surface area contributed by atoms with E-state index < -0.39 is 5.25 Å². The molecular weight excluding hydrogens is 398 g/mol. The van der Waals surface area contributed by atoms with Crippen LogP contribution in [0.15, 0.2) is 41.4 Å². The van der Waals surface area contributed by atoms with Gasteiger partial charge >= 0.3 is 0 Å². The third-order valence-corrected chi connectivity index (χ3v) is 5.34. The lowest BCUT2D eigenvalue weighted by molar-refractivity contribution is -0.122. The van der Waals surface area contributed by atoms with E-state index in [-0.39, 0.29) is 18.2 Å². The number of carbonyl (C=O) groups is 2. The fourth-order valence-electron chi connectivity index (χ4n) is 2.87. The van der Waals surface area contributed by atoms with E-state index in [4.69, 9.17) is 16.3 Å². The van der Waals surface area contributed by atoms with E-state index in [0.717, 1.165) is 16.8 Å². The zero-order valence-electron chi connectivity index (χ0n) is 15.7. The highest BCUT2D eigenvalue weighted by molar-refractivity contribution is 8.15. The van der Waals surface area contributed by atoms with E-state index in [1.807, 2.05) is 26.0 Å². The number of hydrogen-bond acceptors (Lipinski definition) is 5. The Kier molecular flexibility index (Phi) is 6.26. The van der Waals surface area contributed by atoms with Crippen molar-refractivity contribution in [3.63, 3.8) is 0 Å². The number of halogens is 1. The van der Waals surface area contributed by atoms with Gasteiger partial charge in [0.25, 0.3) is 0 Å². The number of methoxy groups -OCH3 is 1. The average Bonchev–Trinajstić information content (AvgIpc) is 2.93. The molecule has 2 N–H and O–H groups in total. The summed E-state index contributed by atoms with van der Waals surface area (Å²) in [6.07, 6.45) is 0.0119. The first kappa shape index (κ1) is 20.2. The van der Waals surface area contributed by atoms with Crippen LogP contribution in [0.3, 0.4) is 0 Å². The quantitative estimate of drug-likeness (QED) is 0.763. The maximum absolute atomic E-state index is 12.4. The summed E-state index contributed by atoms with van der Waals surface area (Å²) in [6.45, 7) is 3.99. The molecule has 0 unspecified atom stereocenters. The molecule has 1 fully saturated rings. The Morgan fingerprint density at radius 3 is 2.64 bits per heavy atom. The van der Waals surface area contributed by atoms with Crippen LogP contribution in [-0.4, -0.2) is 29.3 Å². The highest BCUT2D eigenvalue weighted by atomic mass is 35.5. The minimum atomic E-state index is -0.546. The third kappa shape index (κ3) is 5.05. The lowest BCUT2D eigenvalue weighted by Crippen LogP contribution is -2.28. The second-order valence-electron chi connectivity index (χ2n) is 6.46. The molecule has 1 aliphatic heterocycles. The van der Waals surface area contributed by atoms with Crippen molar-refractivity contribution in [1.82, 2.24) is 5.32 Å². The number of ether oxygens (including phenoxy) is 1. The summed E-state index contributed by atoms with van der Waals surface area (Å²) in [5.41, 5.74) is 3.43. The zero-order chi connectivity index (χ0) is 20.3. The largest absolute Gasteiger partial charge is 0.495 e. The van der Waals surface area contributed by atoms with Crippen molar-refractivity contribution in [1.29, 1.82) is 0 Å².